The Morgan fingerprint density at radius 2 is 1.81 bits per heavy atom. The molecular weight excluding hydrogens is 268 g/mol. The number of rotatable bonds is 2. The van der Waals surface area contributed by atoms with Gasteiger partial charge >= 0.3 is 0 Å². The van der Waals surface area contributed by atoms with E-state index in [2.05, 4.69) is 0 Å². The van der Waals surface area contributed by atoms with E-state index >= 15 is 0 Å². The van der Waals surface area contributed by atoms with Crippen molar-refractivity contribution in [3.63, 3.8) is 0 Å². The van der Waals surface area contributed by atoms with Gasteiger partial charge in [-0.3, -0.25) is 9.59 Å². The van der Waals surface area contributed by atoms with Crippen LogP contribution < -0.4 is 0 Å². The zero-order valence-electron chi connectivity index (χ0n) is 12.5. The minimum Gasteiger partial charge on any atom is -0.376 e. The second kappa shape index (κ2) is 5.27. The van der Waals surface area contributed by atoms with Gasteiger partial charge in [-0.2, -0.15) is 0 Å². The molecule has 0 spiro atoms. The first-order chi connectivity index (χ1) is 10.3. The van der Waals surface area contributed by atoms with Crippen LogP contribution in [0.3, 0.4) is 0 Å². The summed E-state index contributed by atoms with van der Waals surface area (Å²) in [6.07, 6.45) is 7.04. The molecule has 0 aromatic heterocycles. The smallest absolute Gasteiger partial charge is 0.245 e. The molecule has 3 saturated heterocycles. The van der Waals surface area contributed by atoms with Crippen LogP contribution in [0, 0.1) is 5.92 Å². The zero-order valence-corrected chi connectivity index (χ0v) is 12.5. The van der Waals surface area contributed by atoms with E-state index in [0.717, 1.165) is 38.8 Å². The number of ether oxygens (including phenoxy) is 1. The maximum Gasteiger partial charge on any atom is 0.245 e. The van der Waals surface area contributed by atoms with Crippen LogP contribution in [0.4, 0.5) is 0 Å². The Morgan fingerprint density at radius 3 is 2.62 bits per heavy atom. The standard InChI is InChI=1S/C16H24N2O3/c19-14-6-9-18(12-7-10-21-15(12)11-4-5-11)16(20)13-3-1-2-8-17(13)14/h11-13,15H,1-10H2. The van der Waals surface area contributed by atoms with Gasteiger partial charge in [-0.05, 0) is 44.4 Å². The van der Waals surface area contributed by atoms with Gasteiger partial charge in [0.2, 0.25) is 11.8 Å². The Balaban J connectivity index is 1.57. The molecule has 4 fully saturated rings. The van der Waals surface area contributed by atoms with Crippen molar-refractivity contribution in [3.8, 4) is 0 Å². The molecule has 4 rings (SSSR count). The van der Waals surface area contributed by atoms with Crippen molar-refractivity contribution in [2.75, 3.05) is 19.7 Å². The molecule has 0 radical (unpaired) electrons. The van der Waals surface area contributed by atoms with E-state index in [4.69, 9.17) is 4.74 Å². The molecule has 3 aliphatic heterocycles. The first-order valence-corrected chi connectivity index (χ1v) is 8.47. The average molecular weight is 292 g/mol. The Kier molecular flexibility index (Phi) is 3.40. The van der Waals surface area contributed by atoms with E-state index < -0.39 is 0 Å². The Labute approximate surface area is 125 Å². The molecule has 5 heteroatoms. The molecule has 1 aliphatic carbocycles. The fraction of sp³-hybridized carbons (Fsp3) is 0.875. The number of carbonyl (C=O) groups is 2. The van der Waals surface area contributed by atoms with E-state index in [9.17, 15) is 9.59 Å². The predicted octanol–water partition coefficient (Wildman–Crippen LogP) is 1.17. The molecule has 4 aliphatic rings. The van der Waals surface area contributed by atoms with Gasteiger partial charge in [-0.15, -0.1) is 0 Å². The average Bonchev–Trinajstić information content (AvgIpc) is 3.26. The van der Waals surface area contributed by atoms with Gasteiger partial charge in [0.25, 0.3) is 0 Å². The highest BCUT2D eigenvalue weighted by molar-refractivity contribution is 5.90. The van der Waals surface area contributed by atoms with Gasteiger partial charge < -0.3 is 14.5 Å². The largest absolute Gasteiger partial charge is 0.376 e. The molecule has 3 unspecified atom stereocenters. The van der Waals surface area contributed by atoms with Crippen LogP contribution in [0.15, 0.2) is 0 Å². The third-order valence-corrected chi connectivity index (χ3v) is 5.55. The van der Waals surface area contributed by atoms with Gasteiger partial charge in [0.15, 0.2) is 0 Å². The van der Waals surface area contributed by atoms with Crippen LogP contribution in [0.2, 0.25) is 0 Å². The lowest BCUT2D eigenvalue weighted by Gasteiger charge is -2.37. The fourth-order valence-corrected chi connectivity index (χ4v) is 4.29. The maximum atomic E-state index is 13.0. The van der Waals surface area contributed by atoms with Crippen LogP contribution in [0.5, 0.6) is 0 Å². The van der Waals surface area contributed by atoms with E-state index in [-0.39, 0.29) is 30.0 Å². The normalized spacial score (nSPS) is 37.6. The molecule has 21 heavy (non-hydrogen) atoms. The second-order valence-electron chi connectivity index (χ2n) is 6.91. The summed E-state index contributed by atoms with van der Waals surface area (Å²) in [5, 5.41) is 0. The molecule has 116 valence electrons. The monoisotopic (exact) mass is 292 g/mol. The lowest BCUT2D eigenvalue weighted by atomic mass is 9.99. The molecule has 0 aromatic carbocycles. The Morgan fingerprint density at radius 1 is 0.952 bits per heavy atom. The van der Waals surface area contributed by atoms with Crippen molar-refractivity contribution >= 4 is 11.8 Å². The van der Waals surface area contributed by atoms with Crippen molar-refractivity contribution in [2.45, 2.75) is 63.1 Å². The van der Waals surface area contributed by atoms with Gasteiger partial charge in [0.05, 0.1) is 12.1 Å². The molecule has 3 atom stereocenters. The molecule has 0 bridgehead atoms. The van der Waals surface area contributed by atoms with E-state index in [0.29, 0.717) is 18.9 Å². The quantitative estimate of drug-likeness (QED) is 0.767. The number of amides is 2. The maximum absolute atomic E-state index is 13.0. The predicted molar refractivity (Wildman–Crippen MR) is 76.6 cm³/mol. The van der Waals surface area contributed by atoms with Gasteiger partial charge in [-0.1, -0.05) is 0 Å². The van der Waals surface area contributed by atoms with E-state index in [1.165, 1.54) is 12.8 Å². The van der Waals surface area contributed by atoms with Crippen molar-refractivity contribution in [3.05, 3.63) is 0 Å². The number of nitrogens with zero attached hydrogens (tertiary/aromatic N) is 2. The number of carbonyl (C=O) groups excluding carboxylic acids is 2. The lowest BCUT2D eigenvalue weighted by Crippen LogP contribution is -2.53. The van der Waals surface area contributed by atoms with Crippen LogP contribution in [0.1, 0.15) is 44.9 Å². The summed E-state index contributed by atoms with van der Waals surface area (Å²) in [6.45, 7) is 2.11. The summed E-state index contributed by atoms with van der Waals surface area (Å²) in [5.74, 6) is 0.992. The summed E-state index contributed by atoms with van der Waals surface area (Å²) in [6, 6.07) is 0.00822. The molecule has 1 saturated carbocycles. The lowest BCUT2D eigenvalue weighted by molar-refractivity contribution is -0.145. The Hall–Kier alpha value is -1.10. The highest BCUT2D eigenvalue weighted by Crippen LogP contribution is 2.41. The fourth-order valence-electron chi connectivity index (χ4n) is 4.29. The molecule has 2 amide bonds. The summed E-state index contributed by atoms with van der Waals surface area (Å²) >= 11 is 0. The number of hydrogen-bond donors (Lipinski definition) is 0. The number of fused-ring (bicyclic) bond motifs is 1. The van der Waals surface area contributed by atoms with Gasteiger partial charge in [0.1, 0.15) is 6.04 Å². The molecular formula is C16H24N2O3. The summed E-state index contributed by atoms with van der Waals surface area (Å²) in [5.41, 5.74) is 0. The third-order valence-electron chi connectivity index (χ3n) is 5.55. The van der Waals surface area contributed by atoms with Crippen LogP contribution >= 0.6 is 0 Å². The van der Waals surface area contributed by atoms with Crippen LogP contribution in [-0.2, 0) is 14.3 Å². The molecule has 5 nitrogen and oxygen atoms in total. The molecule has 0 N–H and O–H groups in total. The third kappa shape index (κ3) is 2.35. The zero-order chi connectivity index (χ0) is 14.4. The highest BCUT2D eigenvalue weighted by Gasteiger charge is 2.47. The number of piperidine rings is 1. The van der Waals surface area contributed by atoms with E-state index in [1.807, 2.05) is 9.80 Å². The highest BCUT2D eigenvalue weighted by atomic mass is 16.5. The van der Waals surface area contributed by atoms with Crippen LogP contribution in [0.25, 0.3) is 0 Å². The van der Waals surface area contributed by atoms with Gasteiger partial charge in [-0.25, -0.2) is 0 Å². The van der Waals surface area contributed by atoms with E-state index in [1.54, 1.807) is 0 Å². The first kappa shape index (κ1) is 13.6. The number of hydrogen-bond acceptors (Lipinski definition) is 3. The topological polar surface area (TPSA) is 49.9 Å². The molecule has 0 aromatic rings. The van der Waals surface area contributed by atoms with Crippen molar-refractivity contribution in [2.24, 2.45) is 5.92 Å². The summed E-state index contributed by atoms with van der Waals surface area (Å²) in [4.78, 5) is 29.1. The molecule has 3 heterocycles. The Bertz CT molecular complexity index is 449. The SMILES string of the molecule is O=C1CCN(C2CCOC2C2CC2)C(=O)C2CCCCN12. The van der Waals surface area contributed by atoms with Crippen LogP contribution in [-0.4, -0.2) is 59.5 Å². The summed E-state index contributed by atoms with van der Waals surface area (Å²) < 4.78 is 5.90. The first-order valence-electron chi connectivity index (χ1n) is 8.47. The van der Waals surface area contributed by atoms with Gasteiger partial charge in [0, 0.05) is 26.1 Å². The second-order valence-corrected chi connectivity index (χ2v) is 6.91. The van der Waals surface area contributed by atoms with Crippen molar-refractivity contribution in [1.29, 1.82) is 0 Å². The minimum absolute atomic E-state index is 0.164. The minimum atomic E-state index is -0.200. The van der Waals surface area contributed by atoms with Crippen molar-refractivity contribution < 1.29 is 14.3 Å². The summed E-state index contributed by atoms with van der Waals surface area (Å²) in [7, 11) is 0. The van der Waals surface area contributed by atoms with Crippen molar-refractivity contribution in [1.82, 2.24) is 9.80 Å².